The number of H-pyrrole nitrogens is 1. The van der Waals surface area contributed by atoms with E-state index in [0.29, 0.717) is 18.7 Å². The van der Waals surface area contributed by atoms with Gasteiger partial charge in [0.1, 0.15) is 11.5 Å². The molecule has 2 heterocycles. The fourth-order valence-electron chi connectivity index (χ4n) is 2.44. The van der Waals surface area contributed by atoms with Crippen LogP contribution in [0, 0.1) is 5.92 Å². The first kappa shape index (κ1) is 16.0. The van der Waals surface area contributed by atoms with Crippen LogP contribution in [0.25, 0.3) is 11.3 Å². The molecule has 0 bridgehead atoms. The Kier molecular flexibility index (Phi) is 5.08. The molecule has 0 aliphatic carbocycles. The van der Waals surface area contributed by atoms with Gasteiger partial charge in [0.25, 0.3) is 5.91 Å². The zero-order valence-corrected chi connectivity index (χ0v) is 13.1. The molecule has 0 unspecified atom stereocenters. The predicted molar refractivity (Wildman–Crippen MR) is 89.3 cm³/mol. The number of nitrogens with zero attached hydrogens (tertiary/aromatic N) is 1. The minimum atomic E-state index is -0.248. The van der Waals surface area contributed by atoms with Gasteiger partial charge in [-0.05, 0) is 18.2 Å². The third-order valence-corrected chi connectivity index (χ3v) is 3.77. The SMILES string of the molecule is O=C(NC[C@H](CO)Cc1ccco1)c1cc(-c2ccccc2)n[nH]1. The van der Waals surface area contributed by atoms with E-state index in [9.17, 15) is 9.90 Å². The molecule has 0 saturated heterocycles. The molecular formula is C18H19N3O3. The van der Waals surface area contributed by atoms with Crippen molar-refractivity contribution in [3.63, 3.8) is 0 Å². The average Bonchev–Trinajstić information content (AvgIpc) is 3.31. The summed E-state index contributed by atoms with van der Waals surface area (Å²) in [6, 6.07) is 15.0. The molecule has 124 valence electrons. The fraction of sp³-hybridized carbons (Fsp3) is 0.222. The quantitative estimate of drug-likeness (QED) is 0.621. The highest BCUT2D eigenvalue weighted by Crippen LogP contribution is 2.17. The topological polar surface area (TPSA) is 91.2 Å². The predicted octanol–water partition coefficient (Wildman–Crippen LogP) is 2.25. The van der Waals surface area contributed by atoms with Gasteiger partial charge in [-0.15, -0.1) is 0 Å². The van der Waals surface area contributed by atoms with Crippen molar-refractivity contribution < 1.29 is 14.3 Å². The lowest BCUT2D eigenvalue weighted by Gasteiger charge is -2.13. The molecule has 3 rings (SSSR count). The number of aliphatic hydroxyl groups is 1. The second-order valence-electron chi connectivity index (χ2n) is 5.57. The van der Waals surface area contributed by atoms with Crippen LogP contribution in [0.3, 0.4) is 0 Å². The molecular weight excluding hydrogens is 306 g/mol. The van der Waals surface area contributed by atoms with Crippen LogP contribution >= 0.6 is 0 Å². The summed E-state index contributed by atoms with van der Waals surface area (Å²) >= 11 is 0. The van der Waals surface area contributed by atoms with Gasteiger partial charge in [-0.25, -0.2) is 0 Å². The van der Waals surface area contributed by atoms with E-state index in [-0.39, 0.29) is 18.4 Å². The van der Waals surface area contributed by atoms with Crippen molar-refractivity contribution in [3.8, 4) is 11.3 Å². The molecule has 6 heteroatoms. The minimum absolute atomic E-state index is 0.0286. The summed E-state index contributed by atoms with van der Waals surface area (Å²) < 4.78 is 5.27. The number of carbonyl (C=O) groups excluding carboxylic acids is 1. The third-order valence-electron chi connectivity index (χ3n) is 3.77. The lowest BCUT2D eigenvalue weighted by molar-refractivity contribution is 0.0934. The van der Waals surface area contributed by atoms with E-state index in [0.717, 1.165) is 17.0 Å². The van der Waals surface area contributed by atoms with Crippen molar-refractivity contribution >= 4 is 5.91 Å². The van der Waals surface area contributed by atoms with E-state index < -0.39 is 0 Å². The summed E-state index contributed by atoms with van der Waals surface area (Å²) in [6.07, 6.45) is 2.17. The van der Waals surface area contributed by atoms with Crippen LogP contribution < -0.4 is 5.32 Å². The van der Waals surface area contributed by atoms with Crippen molar-refractivity contribution in [3.05, 3.63) is 66.2 Å². The smallest absolute Gasteiger partial charge is 0.269 e. The Balaban J connectivity index is 1.58. The van der Waals surface area contributed by atoms with Crippen LogP contribution in [0.1, 0.15) is 16.2 Å². The van der Waals surface area contributed by atoms with Crippen LogP contribution in [0.15, 0.2) is 59.2 Å². The van der Waals surface area contributed by atoms with Crippen LogP contribution in [-0.4, -0.2) is 34.4 Å². The van der Waals surface area contributed by atoms with E-state index in [1.54, 1.807) is 18.4 Å². The average molecular weight is 325 g/mol. The van der Waals surface area contributed by atoms with Gasteiger partial charge < -0.3 is 14.8 Å². The number of aliphatic hydroxyl groups excluding tert-OH is 1. The van der Waals surface area contributed by atoms with Gasteiger partial charge in [0.05, 0.1) is 12.0 Å². The maximum absolute atomic E-state index is 12.2. The molecule has 3 aromatic rings. The van der Waals surface area contributed by atoms with E-state index in [2.05, 4.69) is 15.5 Å². The number of hydrogen-bond acceptors (Lipinski definition) is 4. The van der Waals surface area contributed by atoms with Gasteiger partial charge in [-0.3, -0.25) is 9.89 Å². The van der Waals surface area contributed by atoms with Crippen molar-refractivity contribution in [1.82, 2.24) is 15.5 Å². The van der Waals surface area contributed by atoms with Gasteiger partial charge in [0, 0.05) is 31.1 Å². The molecule has 0 saturated carbocycles. The Morgan fingerprint density at radius 3 is 2.79 bits per heavy atom. The van der Waals surface area contributed by atoms with E-state index in [1.165, 1.54) is 0 Å². The Bertz CT molecular complexity index is 766. The van der Waals surface area contributed by atoms with Crippen molar-refractivity contribution in [2.45, 2.75) is 6.42 Å². The normalized spacial score (nSPS) is 12.0. The van der Waals surface area contributed by atoms with Gasteiger partial charge in [0.15, 0.2) is 0 Å². The number of aromatic amines is 1. The zero-order chi connectivity index (χ0) is 16.8. The van der Waals surface area contributed by atoms with Crippen LogP contribution in [0.4, 0.5) is 0 Å². The number of rotatable bonds is 7. The highest BCUT2D eigenvalue weighted by molar-refractivity contribution is 5.93. The lowest BCUT2D eigenvalue weighted by Crippen LogP contribution is -2.32. The standard InChI is InChI=1S/C18H19N3O3/c22-12-13(9-15-7-4-8-24-15)11-19-18(23)17-10-16(20-21-17)14-5-2-1-3-6-14/h1-8,10,13,22H,9,11-12H2,(H,19,23)(H,20,21)/t13-/m1/s1. The highest BCUT2D eigenvalue weighted by Gasteiger charge is 2.15. The number of furan rings is 1. The third kappa shape index (κ3) is 3.91. The molecule has 0 aliphatic heterocycles. The number of benzene rings is 1. The maximum atomic E-state index is 12.2. The maximum Gasteiger partial charge on any atom is 0.269 e. The van der Waals surface area contributed by atoms with Crippen LogP contribution in [0.2, 0.25) is 0 Å². The van der Waals surface area contributed by atoms with Crippen molar-refractivity contribution in [2.24, 2.45) is 5.92 Å². The molecule has 0 radical (unpaired) electrons. The second kappa shape index (κ2) is 7.61. The summed E-state index contributed by atoms with van der Waals surface area (Å²) in [5.41, 5.74) is 2.05. The number of hydrogen-bond donors (Lipinski definition) is 3. The molecule has 24 heavy (non-hydrogen) atoms. The van der Waals surface area contributed by atoms with Crippen LogP contribution in [0.5, 0.6) is 0 Å². The van der Waals surface area contributed by atoms with E-state index in [1.807, 2.05) is 36.4 Å². The minimum Gasteiger partial charge on any atom is -0.469 e. The molecule has 0 fully saturated rings. The molecule has 2 aromatic heterocycles. The second-order valence-corrected chi connectivity index (χ2v) is 5.57. The number of amides is 1. The summed E-state index contributed by atoms with van der Waals surface area (Å²) in [4.78, 5) is 12.2. The molecule has 1 amide bonds. The summed E-state index contributed by atoms with van der Waals surface area (Å²) in [6.45, 7) is 0.328. The van der Waals surface area contributed by atoms with Gasteiger partial charge in [0.2, 0.25) is 0 Å². The van der Waals surface area contributed by atoms with Crippen molar-refractivity contribution in [2.75, 3.05) is 13.2 Å². The molecule has 1 atom stereocenters. The van der Waals surface area contributed by atoms with Crippen LogP contribution in [-0.2, 0) is 6.42 Å². The number of carbonyl (C=O) groups is 1. The summed E-state index contributed by atoms with van der Waals surface area (Å²) in [5, 5.41) is 19.2. The fourth-order valence-corrected chi connectivity index (χ4v) is 2.44. The van der Waals surface area contributed by atoms with Gasteiger partial charge in [-0.2, -0.15) is 5.10 Å². The Hall–Kier alpha value is -2.86. The van der Waals surface area contributed by atoms with Gasteiger partial charge >= 0.3 is 0 Å². The monoisotopic (exact) mass is 325 g/mol. The van der Waals surface area contributed by atoms with E-state index >= 15 is 0 Å². The molecule has 0 spiro atoms. The first-order chi connectivity index (χ1) is 11.8. The Labute approximate surface area is 139 Å². The number of nitrogens with one attached hydrogen (secondary N) is 2. The first-order valence-corrected chi connectivity index (χ1v) is 7.78. The van der Waals surface area contributed by atoms with Crippen molar-refractivity contribution in [1.29, 1.82) is 0 Å². The Morgan fingerprint density at radius 2 is 2.08 bits per heavy atom. The zero-order valence-electron chi connectivity index (χ0n) is 13.1. The van der Waals surface area contributed by atoms with Gasteiger partial charge in [-0.1, -0.05) is 30.3 Å². The molecule has 6 nitrogen and oxygen atoms in total. The lowest BCUT2D eigenvalue weighted by atomic mass is 10.1. The molecule has 1 aromatic carbocycles. The highest BCUT2D eigenvalue weighted by atomic mass is 16.3. The molecule has 0 aliphatic rings. The molecule has 3 N–H and O–H groups in total. The van der Waals surface area contributed by atoms with E-state index in [4.69, 9.17) is 4.42 Å². The first-order valence-electron chi connectivity index (χ1n) is 7.78. The Morgan fingerprint density at radius 1 is 1.25 bits per heavy atom. The largest absolute Gasteiger partial charge is 0.469 e. The summed E-state index contributed by atoms with van der Waals surface area (Å²) in [5.74, 6) is 0.440. The number of aromatic nitrogens is 2. The summed E-state index contributed by atoms with van der Waals surface area (Å²) in [7, 11) is 0.